The van der Waals surface area contributed by atoms with Crippen LogP contribution in [0.4, 0.5) is 0 Å². The molecule has 8 heteroatoms. The molecule has 2 aliphatic heterocycles. The Hall–Kier alpha value is -1.57. The summed E-state index contributed by atoms with van der Waals surface area (Å²) in [5.74, 6) is 1.37. The number of rotatable bonds is 3. The number of hydrogen-bond acceptors (Lipinski definition) is 5. The molecule has 2 atom stereocenters. The molecule has 0 aliphatic carbocycles. The standard InChI is InChI=1S/C18H27N3O4.ClH/c1-11-10-15(12(2)25-11)17(22)20-14-4-7-21(8-5-14)18(23)16-13(3)24-9-6-19-16;/h10,13-14,16,19H,4-9H2,1-3H3,(H,20,22);1H/t13-,16+;/m1./s1. The van der Waals surface area contributed by atoms with Crippen LogP contribution in [-0.2, 0) is 9.53 Å². The Labute approximate surface area is 160 Å². The van der Waals surface area contributed by atoms with Crippen LogP contribution < -0.4 is 10.6 Å². The van der Waals surface area contributed by atoms with Gasteiger partial charge in [-0.25, -0.2) is 0 Å². The quantitative estimate of drug-likeness (QED) is 0.822. The van der Waals surface area contributed by atoms with Gasteiger partial charge in [0.2, 0.25) is 5.91 Å². The highest BCUT2D eigenvalue weighted by Gasteiger charge is 2.34. The van der Waals surface area contributed by atoms with Gasteiger partial charge in [-0.1, -0.05) is 0 Å². The second kappa shape index (κ2) is 8.88. The van der Waals surface area contributed by atoms with Crippen molar-refractivity contribution in [2.24, 2.45) is 0 Å². The van der Waals surface area contributed by atoms with Crippen LogP contribution >= 0.6 is 12.4 Å². The first kappa shape index (κ1) is 20.7. The van der Waals surface area contributed by atoms with Crippen molar-refractivity contribution >= 4 is 24.2 Å². The highest BCUT2D eigenvalue weighted by Crippen LogP contribution is 2.17. The number of furan rings is 1. The molecule has 7 nitrogen and oxygen atoms in total. The van der Waals surface area contributed by atoms with Gasteiger partial charge in [-0.3, -0.25) is 9.59 Å². The fraction of sp³-hybridized carbons (Fsp3) is 0.667. The minimum atomic E-state index is -0.267. The van der Waals surface area contributed by atoms with Crippen molar-refractivity contribution in [3.63, 3.8) is 0 Å². The van der Waals surface area contributed by atoms with Gasteiger partial charge in [-0.05, 0) is 39.7 Å². The zero-order valence-electron chi connectivity index (χ0n) is 15.5. The van der Waals surface area contributed by atoms with Crippen molar-refractivity contribution in [1.82, 2.24) is 15.5 Å². The molecular formula is C18H28ClN3O4. The van der Waals surface area contributed by atoms with Crippen molar-refractivity contribution in [3.8, 4) is 0 Å². The third kappa shape index (κ3) is 4.58. The monoisotopic (exact) mass is 385 g/mol. The van der Waals surface area contributed by atoms with Gasteiger partial charge in [0.25, 0.3) is 5.91 Å². The number of nitrogens with zero attached hydrogens (tertiary/aromatic N) is 1. The van der Waals surface area contributed by atoms with E-state index in [1.165, 1.54) is 0 Å². The highest BCUT2D eigenvalue weighted by molar-refractivity contribution is 5.95. The predicted octanol–water partition coefficient (Wildman–Crippen LogP) is 1.42. The first-order valence-corrected chi connectivity index (χ1v) is 8.97. The Morgan fingerprint density at radius 2 is 1.96 bits per heavy atom. The summed E-state index contributed by atoms with van der Waals surface area (Å²) in [6.45, 7) is 8.21. The number of carbonyl (C=O) groups is 2. The highest BCUT2D eigenvalue weighted by atomic mass is 35.5. The largest absolute Gasteiger partial charge is 0.466 e. The van der Waals surface area contributed by atoms with Gasteiger partial charge in [-0.2, -0.15) is 0 Å². The van der Waals surface area contributed by atoms with Crippen LogP contribution in [-0.4, -0.2) is 61.1 Å². The van der Waals surface area contributed by atoms with Crippen LogP contribution in [0, 0.1) is 13.8 Å². The Kier molecular flexibility index (Phi) is 7.08. The van der Waals surface area contributed by atoms with Gasteiger partial charge >= 0.3 is 0 Å². The van der Waals surface area contributed by atoms with Gasteiger partial charge in [0.15, 0.2) is 0 Å². The fourth-order valence-electron chi connectivity index (χ4n) is 3.57. The van der Waals surface area contributed by atoms with E-state index in [-0.39, 0.29) is 42.4 Å². The van der Waals surface area contributed by atoms with Gasteiger partial charge in [0.1, 0.15) is 17.6 Å². The average Bonchev–Trinajstić information content (AvgIpc) is 2.94. The first-order valence-electron chi connectivity index (χ1n) is 8.97. The van der Waals surface area contributed by atoms with Crippen LogP contribution in [0.5, 0.6) is 0 Å². The van der Waals surface area contributed by atoms with E-state index in [2.05, 4.69) is 10.6 Å². The van der Waals surface area contributed by atoms with Crippen LogP contribution in [0.3, 0.4) is 0 Å². The molecule has 2 N–H and O–H groups in total. The molecule has 1 aromatic rings. The smallest absolute Gasteiger partial charge is 0.255 e. The summed E-state index contributed by atoms with van der Waals surface area (Å²) in [5, 5.41) is 6.30. The molecule has 0 spiro atoms. The van der Waals surface area contributed by atoms with E-state index < -0.39 is 0 Å². The molecule has 3 rings (SSSR count). The molecule has 2 aliphatic rings. The lowest BCUT2D eigenvalue weighted by molar-refractivity contribution is -0.140. The molecule has 1 aromatic heterocycles. The van der Waals surface area contributed by atoms with Gasteiger partial charge in [0.05, 0.1) is 18.3 Å². The van der Waals surface area contributed by atoms with Gasteiger partial charge in [0, 0.05) is 25.7 Å². The van der Waals surface area contributed by atoms with E-state index in [0.717, 1.165) is 18.6 Å². The van der Waals surface area contributed by atoms with Crippen molar-refractivity contribution < 1.29 is 18.7 Å². The van der Waals surface area contributed by atoms with Gasteiger partial charge in [-0.15, -0.1) is 12.4 Å². The minimum Gasteiger partial charge on any atom is -0.466 e. The van der Waals surface area contributed by atoms with Crippen LogP contribution in [0.2, 0.25) is 0 Å². The van der Waals surface area contributed by atoms with Crippen molar-refractivity contribution in [1.29, 1.82) is 0 Å². The summed E-state index contributed by atoms with van der Waals surface area (Å²) in [6, 6.07) is 1.58. The second-order valence-electron chi connectivity index (χ2n) is 6.91. The molecular weight excluding hydrogens is 358 g/mol. The molecule has 2 fully saturated rings. The number of carbonyl (C=O) groups excluding carboxylic acids is 2. The summed E-state index contributed by atoms with van der Waals surface area (Å²) in [7, 11) is 0. The average molecular weight is 386 g/mol. The molecule has 2 amide bonds. The SMILES string of the molecule is Cc1cc(C(=O)NC2CCN(C(=O)[C@H]3NCCO[C@@H]3C)CC2)c(C)o1.Cl. The maximum absolute atomic E-state index is 12.6. The number of aryl methyl sites for hydroxylation is 2. The van der Waals surface area contributed by atoms with Crippen molar-refractivity contribution in [2.45, 2.75) is 51.8 Å². The lowest BCUT2D eigenvalue weighted by Crippen LogP contribution is -2.58. The molecule has 2 saturated heterocycles. The molecule has 0 bridgehead atoms. The zero-order chi connectivity index (χ0) is 18.0. The van der Waals surface area contributed by atoms with E-state index in [4.69, 9.17) is 9.15 Å². The van der Waals surface area contributed by atoms with E-state index >= 15 is 0 Å². The summed E-state index contributed by atoms with van der Waals surface area (Å²) in [5.41, 5.74) is 0.591. The number of likely N-dealkylation sites (tertiary alicyclic amines) is 1. The van der Waals surface area contributed by atoms with Crippen LogP contribution in [0.1, 0.15) is 41.6 Å². The Balaban J connectivity index is 0.00000243. The number of morpholine rings is 1. The number of hydrogen-bond donors (Lipinski definition) is 2. The molecule has 26 heavy (non-hydrogen) atoms. The third-order valence-corrected chi connectivity index (χ3v) is 5.01. The van der Waals surface area contributed by atoms with E-state index in [1.54, 1.807) is 13.0 Å². The Morgan fingerprint density at radius 1 is 1.27 bits per heavy atom. The molecule has 146 valence electrons. The normalized spacial score (nSPS) is 24.0. The third-order valence-electron chi connectivity index (χ3n) is 5.01. The fourth-order valence-corrected chi connectivity index (χ4v) is 3.57. The zero-order valence-corrected chi connectivity index (χ0v) is 16.4. The summed E-state index contributed by atoms with van der Waals surface area (Å²) in [6.07, 6.45) is 1.41. The first-order chi connectivity index (χ1) is 12.0. The number of piperidine rings is 1. The van der Waals surface area contributed by atoms with E-state index in [9.17, 15) is 9.59 Å². The maximum atomic E-state index is 12.6. The minimum absolute atomic E-state index is 0. The number of amides is 2. The summed E-state index contributed by atoms with van der Waals surface area (Å²) >= 11 is 0. The second-order valence-corrected chi connectivity index (χ2v) is 6.91. The lowest BCUT2D eigenvalue weighted by atomic mass is 10.0. The van der Waals surface area contributed by atoms with Crippen LogP contribution in [0.15, 0.2) is 10.5 Å². The molecule has 0 saturated carbocycles. The van der Waals surface area contributed by atoms with Crippen LogP contribution in [0.25, 0.3) is 0 Å². The number of nitrogens with one attached hydrogen (secondary N) is 2. The summed E-state index contributed by atoms with van der Waals surface area (Å²) < 4.78 is 11.0. The maximum Gasteiger partial charge on any atom is 0.255 e. The van der Waals surface area contributed by atoms with E-state index in [1.807, 2.05) is 18.7 Å². The molecule has 0 radical (unpaired) electrons. The van der Waals surface area contributed by atoms with Gasteiger partial charge < -0.3 is 24.7 Å². The number of halogens is 1. The molecule has 0 aromatic carbocycles. The molecule has 3 heterocycles. The van der Waals surface area contributed by atoms with Crippen molar-refractivity contribution in [2.75, 3.05) is 26.2 Å². The summed E-state index contributed by atoms with van der Waals surface area (Å²) in [4.78, 5) is 26.9. The lowest BCUT2D eigenvalue weighted by Gasteiger charge is -2.37. The van der Waals surface area contributed by atoms with Crippen molar-refractivity contribution in [3.05, 3.63) is 23.2 Å². The topological polar surface area (TPSA) is 83.8 Å². The Morgan fingerprint density at radius 3 is 2.54 bits per heavy atom. The predicted molar refractivity (Wildman–Crippen MR) is 99.7 cm³/mol. The Bertz CT molecular complexity index is 640. The molecule has 0 unspecified atom stereocenters. The van der Waals surface area contributed by atoms with E-state index in [0.29, 0.717) is 37.6 Å². The number of ether oxygens (including phenoxy) is 1.